The Morgan fingerprint density at radius 3 is 2.76 bits per heavy atom. The second-order valence-electron chi connectivity index (χ2n) is 5.58. The summed E-state index contributed by atoms with van der Waals surface area (Å²) in [6, 6.07) is 10.7. The SMILES string of the molecule is Cc1nn(C)c(N(Cc2ccccc2N)C2CC2)c1C#N. The quantitative estimate of drug-likeness (QED) is 0.873. The van der Waals surface area contributed by atoms with E-state index in [1.54, 1.807) is 0 Å². The summed E-state index contributed by atoms with van der Waals surface area (Å²) in [5.41, 5.74) is 9.39. The van der Waals surface area contributed by atoms with Crippen LogP contribution in [0.5, 0.6) is 0 Å². The van der Waals surface area contributed by atoms with Crippen LogP contribution in [0.25, 0.3) is 0 Å². The number of rotatable bonds is 4. The first kappa shape index (κ1) is 13.5. The number of nitriles is 1. The molecule has 0 unspecified atom stereocenters. The Hall–Kier alpha value is -2.48. The third kappa shape index (κ3) is 2.45. The van der Waals surface area contributed by atoms with Crippen molar-refractivity contribution in [3.63, 3.8) is 0 Å². The molecule has 5 nitrogen and oxygen atoms in total. The van der Waals surface area contributed by atoms with E-state index in [0.717, 1.165) is 35.6 Å². The van der Waals surface area contributed by atoms with Gasteiger partial charge in [-0.1, -0.05) is 18.2 Å². The molecule has 1 aliphatic carbocycles. The van der Waals surface area contributed by atoms with Crippen molar-refractivity contribution in [2.24, 2.45) is 7.05 Å². The molecule has 0 atom stereocenters. The molecule has 5 heteroatoms. The normalized spacial score (nSPS) is 14.0. The number of anilines is 2. The molecule has 21 heavy (non-hydrogen) atoms. The van der Waals surface area contributed by atoms with Gasteiger partial charge in [-0.05, 0) is 31.4 Å². The van der Waals surface area contributed by atoms with Crippen molar-refractivity contribution in [1.82, 2.24) is 9.78 Å². The first-order valence-electron chi connectivity index (χ1n) is 7.15. The maximum Gasteiger partial charge on any atom is 0.145 e. The van der Waals surface area contributed by atoms with Crippen LogP contribution in [0.15, 0.2) is 24.3 Å². The third-order valence-corrected chi connectivity index (χ3v) is 3.96. The predicted octanol–water partition coefficient (Wildman–Crippen LogP) is 2.35. The summed E-state index contributed by atoms with van der Waals surface area (Å²) in [7, 11) is 1.90. The monoisotopic (exact) mass is 281 g/mol. The van der Waals surface area contributed by atoms with Gasteiger partial charge in [0.2, 0.25) is 0 Å². The van der Waals surface area contributed by atoms with Crippen LogP contribution in [-0.2, 0) is 13.6 Å². The minimum atomic E-state index is 0.478. The van der Waals surface area contributed by atoms with E-state index in [9.17, 15) is 5.26 Å². The van der Waals surface area contributed by atoms with Gasteiger partial charge in [0, 0.05) is 25.3 Å². The Balaban J connectivity index is 2.00. The van der Waals surface area contributed by atoms with E-state index in [2.05, 4.69) is 16.1 Å². The molecule has 0 radical (unpaired) electrons. The molecule has 1 aliphatic rings. The van der Waals surface area contributed by atoms with Gasteiger partial charge < -0.3 is 10.6 Å². The number of nitrogens with zero attached hydrogens (tertiary/aromatic N) is 4. The number of nitrogen functional groups attached to an aromatic ring is 1. The summed E-state index contributed by atoms with van der Waals surface area (Å²) in [6.07, 6.45) is 2.31. The Morgan fingerprint density at radius 1 is 1.43 bits per heavy atom. The van der Waals surface area contributed by atoms with Gasteiger partial charge >= 0.3 is 0 Å². The zero-order valence-corrected chi connectivity index (χ0v) is 12.4. The summed E-state index contributed by atoms with van der Waals surface area (Å²) < 4.78 is 1.81. The highest BCUT2D eigenvalue weighted by atomic mass is 15.4. The standard InChI is InChI=1S/C16H19N5/c1-11-14(9-17)16(20(2)19-11)21(13-7-8-13)10-12-5-3-4-6-15(12)18/h3-6,13H,7-8,10,18H2,1-2H3. The fourth-order valence-corrected chi connectivity index (χ4v) is 2.73. The fraction of sp³-hybridized carbons (Fsp3) is 0.375. The summed E-state index contributed by atoms with van der Waals surface area (Å²) in [5, 5.41) is 13.8. The first-order chi connectivity index (χ1) is 10.1. The molecule has 1 heterocycles. The Morgan fingerprint density at radius 2 is 2.14 bits per heavy atom. The summed E-state index contributed by atoms with van der Waals surface area (Å²) in [6.45, 7) is 2.59. The molecule has 2 aromatic rings. The number of aromatic nitrogens is 2. The smallest absolute Gasteiger partial charge is 0.145 e. The number of para-hydroxylation sites is 1. The van der Waals surface area contributed by atoms with E-state index in [1.807, 2.05) is 42.9 Å². The number of aryl methyl sites for hydroxylation is 2. The highest BCUT2D eigenvalue weighted by molar-refractivity contribution is 5.59. The molecule has 0 bridgehead atoms. The van der Waals surface area contributed by atoms with Crippen LogP contribution in [0.3, 0.4) is 0 Å². The van der Waals surface area contributed by atoms with Gasteiger partial charge in [0.05, 0.1) is 5.69 Å². The van der Waals surface area contributed by atoms with Crippen molar-refractivity contribution in [2.75, 3.05) is 10.6 Å². The molecular formula is C16H19N5. The zero-order valence-electron chi connectivity index (χ0n) is 12.4. The second-order valence-corrected chi connectivity index (χ2v) is 5.58. The maximum absolute atomic E-state index is 9.43. The fourth-order valence-electron chi connectivity index (χ4n) is 2.73. The number of nitrogens with two attached hydrogens (primary N) is 1. The molecule has 1 aromatic carbocycles. The van der Waals surface area contributed by atoms with Crippen molar-refractivity contribution < 1.29 is 0 Å². The minimum absolute atomic E-state index is 0.478. The maximum atomic E-state index is 9.43. The molecule has 0 saturated heterocycles. The van der Waals surface area contributed by atoms with Crippen molar-refractivity contribution in [3.8, 4) is 6.07 Å². The van der Waals surface area contributed by atoms with Crippen LogP contribution in [0, 0.1) is 18.3 Å². The average molecular weight is 281 g/mol. The first-order valence-corrected chi connectivity index (χ1v) is 7.15. The summed E-state index contributed by atoms with van der Waals surface area (Å²) in [5.74, 6) is 0.903. The molecule has 1 fully saturated rings. The lowest BCUT2D eigenvalue weighted by Crippen LogP contribution is -2.28. The predicted molar refractivity (Wildman–Crippen MR) is 82.7 cm³/mol. The van der Waals surface area contributed by atoms with Gasteiger partial charge in [-0.15, -0.1) is 0 Å². The Bertz CT molecular complexity index is 706. The highest BCUT2D eigenvalue weighted by Gasteiger charge is 2.33. The van der Waals surface area contributed by atoms with Crippen molar-refractivity contribution >= 4 is 11.5 Å². The van der Waals surface area contributed by atoms with Gasteiger partial charge in [-0.25, -0.2) is 0 Å². The van der Waals surface area contributed by atoms with Crippen molar-refractivity contribution in [3.05, 3.63) is 41.1 Å². The van der Waals surface area contributed by atoms with Crippen molar-refractivity contribution in [1.29, 1.82) is 5.26 Å². The molecule has 1 aromatic heterocycles. The largest absolute Gasteiger partial charge is 0.398 e. The average Bonchev–Trinajstić information content (AvgIpc) is 3.24. The number of benzene rings is 1. The molecule has 1 saturated carbocycles. The topological polar surface area (TPSA) is 70.9 Å². The highest BCUT2D eigenvalue weighted by Crippen LogP contribution is 2.36. The van der Waals surface area contributed by atoms with Gasteiger partial charge in [0.1, 0.15) is 17.5 Å². The van der Waals surface area contributed by atoms with E-state index in [1.165, 1.54) is 0 Å². The number of hydrogen-bond acceptors (Lipinski definition) is 4. The van der Waals surface area contributed by atoms with Crippen LogP contribution in [0.1, 0.15) is 29.7 Å². The third-order valence-electron chi connectivity index (χ3n) is 3.96. The van der Waals surface area contributed by atoms with E-state index in [0.29, 0.717) is 18.2 Å². The molecule has 0 aliphatic heterocycles. The second kappa shape index (κ2) is 5.13. The molecule has 3 rings (SSSR count). The van der Waals surface area contributed by atoms with E-state index in [4.69, 9.17) is 5.73 Å². The molecule has 108 valence electrons. The van der Waals surface area contributed by atoms with Crippen molar-refractivity contribution in [2.45, 2.75) is 32.4 Å². The number of hydrogen-bond donors (Lipinski definition) is 1. The molecule has 0 amide bonds. The molecule has 2 N–H and O–H groups in total. The Kier molecular flexibility index (Phi) is 3.30. The Labute approximate surface area is 124 Å². The molecular weight excluding hydrogens is 262 g/mol. The lowest BCUT2D eigenvalue weighted by atomic mass is 10.1. The van der Waals surface area contributed by atoms with E-state index in [-0.39, 0.29) is 0 Å². The molecule has 0 spiro atoms. The van der Waals surface area contributed by atoms with Crippen LogP contribution >= 0.6 is 0 Å². The van der Waals surface area contributed by atoms with Crippen LogP contribution in [-0.4, -0.2) is 15.8 Å². The van der Waals surface area contributed by atoms with Crippen LogP contribution < -0.4 is 10.6 Å². The van der Waals surface area contributed by atoms with E-state index >= 15 is 0 Å². The van der Waals surface area contributed by atoms with Gasteiger partial charge in [-0.3, -0.25) is 4.68 Å². The summed E-state index contributed by atoms with van der Waals surface area (Å²) in [4.78, 5) is 2.27. The lowest BCUT2D eigenvalue weighted by molar-refractivity contribution is 0.691. The van der Waals surface area contributed by atoms with E-state index < -0.39 is 0 Å². The lowest BCUT2D eigenvalue weighted by Gasteiger charge is -2.25. The zero-order chi connectivity index (χ0) is 15.0. The van der Waals surface area contributed by atoms with Gasteiger partial charge in [0.15, 0.2) is 0 Å². The summed E-state index contributed by atoms with van der Waals surface area (Å²) >= 11 is 0. The van der Waals surface area contributed by atoms with Gasteiger partial charge in [-0.2, -0.15) is 10.4 Å². The minimum Gasteiger partial charge on any atom is -0.398 e. The van der Waals surface area contributed by atoms with Gasteiger partial charge in [0.25, 0.3) is 0 Å². The van der Waals surface area contributed by atoms with Crippen LogP contribution in [0.4, 0.5) is 11.5 Å². The van der Waals surface area contributed by atoms with Crippen LogP contribution in [0.2, 0.25) is 0 Å².